The van der Waals surface area contributed by atoms with Crippen LogP contribution in [-0.2, 0) is 11.2 Å². The molecule has 4 heteroatoms. The smallest absolute Gasteiger partial charge is 0.231 e. The first-order valence-corrected chi connectivity index (χ1v) is 5.34. The third-order valence-corrected chi connectivity index (χ3v) is 2.63. The molecule has 1 aromatic rings. The fourth-order valence-corrected chi connectivity index (χ4v) is 1.74. The van der Waals surface area contributed by atoms with Crippen molar-refractivity contribution < 1.29 is 14.3 Å². The lowest BCUT2D eigenvalue weighted by molar-refractivity contribution is -0.107. The van der Waals surface area contributed by atoms with Gasteiger partial charge in [0, 0.05) is 0 Å². The fraction of sp³-hybridized carbons (Fsp3) is 0.417. The molecule has 0 atom stereocenters. The van der Waals surface area contributed by atoms with Crippen LogP contribution in [0.3, 0.4) is 0 Å². The van der Waals surface area contributed by atoms with Crippen molar-refractivity contribution >= 4 is 6.29 Å². The largest absolute Gasteiger partial charge is 0.454 e. The monoisotopic (exact) mass is 221 g/mol. The molecule has 2 rings (SSSR count). The molecule has 1 N–H and O–H groups in total. The highest BCUT2D eigenvalue weighted by molar-refractivity contribution is 5.52. The summed E-state index contributed by atoms with van der Waals surface area (Å²) in [6.07, 6.45) is 1.75. The van der Waals surface area contributed by atoms with Crippen LogP contribution in [0.4, 0.5) is 0 Å². The second kappa shape index (κ2) is 4.99. The number of ether oxygens (including phenoxy) is 2. The molecule has 0 bridgehead atoms. The number of carbonyl (C=O) groups excluding carboxylic acids is 1. The number of benzene rings is 1. The molecule has 0 unspecified atom stereocenters. The summed E-state index contributed by atoms with van der Waals surface area (Å²) < 4.78 is 10.6. The van der Waals surface area contributed by atoms with Crippen LogP contribution < -0.4 is 14.8 Å². The standard InChI is InChI=1S/C12H15NO3/c1-9-6-11-12(16-8-15-11)7-10(9)2-3-13-4-5-14/h5-7,13H,2-4,8H2,1H3. The molecule has 86 valence electrons. The Balaban J connectivity index is 2.01. The summed E-state index contributed by atoms with van der Waals surface area (Å²) in [7, 11) is 0. The van der Waals surface area contributed by atoms with Gasteiger partial charge in [0.05, 0.1) is 6.54 Å². The Hall–Kier alpha value is -1.55. The van der Waals surface area contributed by atoms with Crippen LogP contribution in [0.15, 0.2) is 12.1 Å². The summed E-state index contributed by atoms with van der Waals surface area (Å²) in [5.41, 5.74) is 2.42. The first-order valence-electron chi connectivity index (χ1n) is 5.34. The maximum atomic E-state index is 10.1. The Morgan fingerprint density at radius 2 is 2.12 bits per heavy atom. The Morgan fingerprint density at radius 1 is 1.38 bits per heavy atom. The van der Waals surface area contributed by atoms with Crippen molar-refractivity contribution in [2.45, 2.75) is 13.3 Å². The average Bonchev–Trinajstić information content (AvgIpc) is 2.71. The van der Waals surface area contributed by atoms with Crippen LogP contribution in [0.1, 0.15) is 11.1 Å². The number of carbonyl (C=O) groups is 1. The van der Waals surface area contributed by atoms with Crippen molar-refractivity contribution in [3.8, 4) is 11.5 Å². The van der Waals surface area contributed by atoms with Gasteiger partial charge in [-0.25, -0.2) is 0 Å². The van der Waals surface area contributed by atoms with E-state index in [9.17, 15) is 4.79 Å². The van der Waals surface area contributed by atoms with Crippen molar-refractivity contribution in [2.24, 2.45) is 0 Å². The maximum absolute atomic E-state index is 10.1. The summed E-state index contributed by atoms with van der Waals surface area (Å²) in [4.78, 5) is 10.1. The van der Waals surface area contributed by atoms with Crippen molar-refractivity contribution in [1.82, 2.24) is 5.32 Å². The van der Waals surface area contributed by atoms with Crippen LogP contribution in [0.25, 0.3) is 0 Å². The van der Waals surface area contributed by atoms with Crippen molar-refractivity contribution in [3.05, 3.63) is 23.3 Å². The van der Waals surface area contributed by atoms with E-state index in [4.69, 9.17) is 9.47 Å². The molecule has 0 saturated heterocycles. The van der Waals surface area contributed by atoms with Gasteiger partial charge < -0.3 is 19.6 Å². The number of hydrogen-bond donors (Lipinski definition) is 1. The van der Waals surface area contributed by atoms with Crippen LogP contribution >= 0.6 is 0 Å². The Labute approximate surface area is 94.6 Å². The van der Waals surface area contributed by atoms with Gasteiger partial charge in [-0.05, 0) is 43.1 Å². The Morgan fingerprint density at radius 3 is 2.88 bits per heavy atom. The van der Waals surface area contributed by atoms with Crippen LogP contribution in [0.5, 0.6) is 11.5 Å². The summed E-state index contributed by atoms with van der Waals surface area (Å²) in [5, 5.41) is 3.04. The van der Waals surface area contributed by atoms with Gasteiger partial charge in [0.1, 0.15) is 6.29 Å². The first kappa shape index (κ1) is 11.0. The number of hydrogen-bond acceptors (Lipinski definition) is 4. The number of nitrogens with one attached hydrogen (secondary N) is 1. The number of aryl methyl sites for hydroxylation is 1. The van der Waals surface area contributed by atoms with E-state index in [1.54, 1.807) is 0 Å². The van der Waals surface area contributed by atoms with Gasteiger partial charge in [0.2, 0.25) is 6.79 Å². The fourth-order valence-electron chi connectivity index (χ4n) is 1.74. The maximum Gasteiger partial charge on any atom is 0.231 e. The normalized spacial score (nSPS) is 12.8. The van der Waals surface area contributed by atoms with E-state index in [0.717, 1.165) is 30.8 Å². The molecule has 1 aromatic carbocycles. The van der Waals surface area contributed by atoms with Crippen molar-refractivity contribution in [3.63, 3.8) is 0 Å². The minimum atomic E-state index is 0.307. The molecule has 0 amide bonds. The zero-order valence-corrected chi connectivity index (χ0v) is 9.29. The van der Waals surface area contributed by atoms with Gasteiger partial charge in [-0.2, -0.15) is 0 Å². The number of rotatable bonds is 5. The molecular formula is C12H15NO3. The molecule has 16 heavy (non-hydrogen) atoms. The number of aldehydes is 1. The molecule has 0 spiro atoms. The molecule has 0 aliphatic carbocycles. The Bertz CT molecular complexity index is 390. The van der Waals surface area contributed by atoms with Gasteiger partial charge in [-0.3, -0.25) is 0 Å². The Kier molecular flexibility index (Phi) is 3.41. The third-order valence-electron chi connectivity index (χ3n) is 2.63. The lowest BCUT2D eigenvalue weighted by Gasteiger charge is -2.07. The van der Waals surface area contributed by atoms with Crippen LogP contribution in [-0.4, -0.2) is 26.2 Å². The van der Waals surface area contributed by atoms with Gasteiger partial charge >= 0.3 is 0 Å². The zero-order valence-electron chi connectivity index (χ0n) is 9.29. The van der Waals surface area contributed by atoms with E-state index in [1.807, 2.05) is 12.1 Å². The minimum absolute atomic E-state index is 0.307. The predicted molar refractivity (Wildman–Crippen MR) is 59.9 cm³/mol. The molecule has 1 heterocycles. The van der Waals surface area contributed by atoms with E-state index in [1.165, 1.54) is 11.1 Å². The minimum Gasteiger partial charge on any atom is -0.454 e. The summed E-state index contributed by atoms with van der Waals surface area (Å²) in [6.45, 7) is 3.56. The molecule has 1 aliphatic heterocycles. The van der Waals surface area contributed by atoms with Gasteiger partial charge in [0.15, 0.2) is 11.5 Å². The topological polar surface area (TPSA) is 47.6 Å². The summed E-state index contributed by atoms with van der Waals surface area (Å²) in [5.74, 6) is 1.64. The first-order chi connectivity index (χ1) is 7.81. The second-order valence-electron chi connectivity index (χ2n) is 3.75. The van der Waals surface area contributed by atoms with Crippen LogP contribution in [0, 0.1) is 6.92 Å². The molecule has 1 aliphatic rings. The zero-order chi connectivity index (χ0) is 11.4. The van der Waals surface area contributed by atoms with Crippen molar-refractivity contribution in [1.29, 1.82) is 0 Å². The van der Waals surface area contributed by atoms with Crippen LogP contribution in [0.2, 0.25) is 0 Å². The van der Waals surface area contributed by atoms with E-state index >= 15 is 0 Å². The molecule has 0 fully saturated rings. The second-order valence-corrected chi connectivity index (χ2v) is 3.75. The van der Waals surface area contributed by atoms with Gasteiger partial charge in [0.25, 0.3) is 0 Å². The highest BCUT2D eigenvalue weighted by Gasteiger charge is 2.15. The molecular weight excluding hydrogens is 206 g/mol. The predicted octanol–water partition coefficient (Wildman–Crippen LogP) is 1.05. The van der Waals surface area contributed by atoms with E-state index in [-0.39, 0.29) is 0 Å². The summed E-state index contributed by atoms with van der Waals surface area (Å²) >= 11 is 0. The SMILES string of the molecule is Cc1cc2c(cc1CCNCC=O)OCO2. The quantitative estimate of drug-likeness (QED) is 0.596. The van der Waals surface area contributed by atoms with E-state index in [0.29, 0.717) is 13.3 Å². The molecule has 0 radical (unpaired) electrons. The highest BCUT2D eigenvalue weighted by Crippen LogP contribution is 2.34. The highest BCUT2D eigenvalue weighted by atomic mass is 16.7. The van der Waals surface area contributed by atoms with Gasteiger partial charge in [-0.15, -0.1) is 0 Å². The average molecular weight is 221 g/mol. The number of fused-ring (bicyclic) bond motifs is 1. The molecule has 4 nitrogen and oxygen atoms in total. The molecule has 0 saturated carbocycles. The lowest BCUT2D eigenvalue weighted by Crippen LogP contribution is -2.19. The summed E-state index contributed by atoms with van der Waals surface area (Å²) in [6, 6.07) is 4.01. The van der Waals surface area contributed by atoms with Gasteiger partial charge in [-0.1, -0.05) is 0 Å². The molecule has 0 aromatic heterocycles. The van der Waals surface area contributed by atoms with E-state index in [2.05, 4.69) is 12.2 Å². The van der Waals surface area contributed by atoms with Crippen molar-refractivity contribution in [2.75, 3.05) is 19.9 Å². The third kappa shape index (κ3) is 2.33. The lowest BCUT2D eigenvalue weighted by atomic mass is 10.0. The van der Waals surface area contributed by atoms with E-state index < -0.39 is 0 Å².